The number of aliphatic hydroxyl groups excluding tert-OH is 1. The van der Waals surface area contributed by atoms with Crippen molar-refractivity contribution in [2.24, 2.45) is 0 Å². The van der Waals surface area contributed by atoms with Crippen molar-refractivity contribution in [2.45, 2.75) is 12.5 Å². The first kappa shape index (κ1) is 19.4. The van der Waals surface area contributed by atoms with Crippen LogP contribution in [0.15, 0.2) is 42.5 Å². The SMILES string of the molecule is COc1ccc(CC[NH2+]C[C@@H](O)COc2ccc(Cl)cc2)cc1OC. The fourth-order valence-electron chi connectivity index (χ4n) is 2.41. The molecule has 0 amide bonds. The highest BCUT2D eigenvalue weighted by atomic mass is 35.5. The van der Waals surface area contributed by atoms with Crippen molar-refractivity contribution in [1.82, 2.24) is 0 Å². The summed E-state index contributed by atoms with van der Waals surface area (Å²) in [6, 6.07) is 13.0. The number of benzene rings is 2. The van der Waals surface area contributed by atoms with E-state index in [0.717, 1.165) is 24.5 Å². The molecule has 0 aliphatic rings. The highest BCUT2D eigenvalue weighted by molar-refractivity contribution is 6.30. The van der Waals surface area contributed by atoms with E-state index in [1.54, 1.807) is 38.5 Å². The first-order valence-corrected chi connectivity index (χ1v) is 8.59. The van der Waals surface area contributed by atoms with Crippen molar-refractivity contribution in [3.8, 4) is 17.2 Å². The van der Waals surface area contributed by atoms with Crippen molar-refractivity contribution in [2.75, 3.05) is 33.9 Å². The zero-order chi connectivity index (χ0) is 18.1. The molecule has 0 radical (unpaired) electrons. The van der Waals surface area contributed by atoms with Gasteiger partial charge < -0.3 is 24.6 Å². The zero-order valence-corrected chi connectivity index (χ0v) is 15.3. The molecule has 2 aromatic carbocycles. The second kappa shape index (κ2) is 10.1. The smallest absolute Gasteiger partial charge is 0.160 e. The van der Waals surface area contributed by atoms with Gasteiger partial charge in [0.15, 0.2) is 11.5 Å². The second-order valence-corrected chi connectivity index (χ2v) is 6.11. The van der Waals surface area contributed by atoms with Crippen molar-refractivity contribution in [1.29, 1.82) is 0 Å². The zero-order valence-electron chi connectivity index (χ0n) is 14.6. The maximum absolute atomic E-state index is 9.99. The van der Waals surface area contributed by atoms with Crippen molar-refractivity contribution < 1.29 is 24.6 Å². The van der Waals surface area contributed by atoms with Crippen LogP contribution in [0, 0.1) is 0 Å². The van der Waals surface area contributed by atoms with Crippen molar-refractivity contribution in [3.05, 3.63) is 53.1 Å². The lowest BCUT2D eigenvalue weighted by Crippen LogP contribution is -2.87. The Bertz CT molecular complexity index is 648. The lowest BCUT2D eigenvalue weighted by molar-refractivity contribution is -0.660. The lowest BCUT2D eigenvalue weighted by Gasteiger charge is -2.12. The standard InChI is InChI=1S/C19H24ClNO4/c1-23-18-8-3-14(11-19(18)24-2)9-10-21-12-16(22)13-25-17-6-4-15(20)5-7-17/h3-8,11,16,21-22H,9-10,12-13H2,1-2H3/p+1/t16-/m1/s1. The van der Waals surface area contributed by atoms with Crippen LogP contribution in [0.3, 0.4) is 0 Å². The first-order valence-electron chi connectivity index (χ1n) is 8.21. The maximum atomic E-state index is 9.99. The van der Waals surface area contributed by atoms with Crippen molar-refractivity contribution in [3.63, 3.8) is 0 Å². The Morgan fingerprint density at radius 3 is 2.44 bits per heavy atom. The number of aliphatic hydroxyl groups is 1. The molecule has 0 heterocycles. The fraction of sp³-hybridized carbons (Fsp3) is 0.368. The monoisotopic (exact) mass is 366 g/mol. The van der Waals surface area contributed by atoms with E-state index >= 15 is 0 Å². The molecule has 0 fully saturated rings. The summed E-state index contributed by atoms with van der Waals surface area (Å²) in [5.74, 6) is 2.16. The van der Waals surface area contributed by atoms with Gasteiger partial charge in [-0.1, -0.05) is 17.7 Å². The van der Waals surface area contributed by atoms with E-state index < -0.39 is 6.10 Å². The summed E-state index contributed by atoms with van der Waals surface area (Å²) in [4.78, 5) is 0. The Balaban J connectivity index is 1.67. The quantitative estimate of drug-likeness (QED) is 0.630. The molecule has 0 saturated heterocycles. The van der Waals surface area contributed by atoms with Crippen LogP contribution < -0.4 is 19.5 Å². The molecular weight excluding hydrogens is 342 g/mol. The topological polar surface area (TPSA) is 64.5 Å². The molecule has 6 heteroatoms. The third-order valence-electron chi connectivity index (χ3n) is 3.78. The minimum absolute atomic E-state index is 0.258. The molecule has 0 saturated carbocycles. The molecule has 0 aliphatic heterocycles. The van der Waals surface area contributed by atoms with Crippen LogP contribution in [-0.4, -0.2) is 45.1 Å². The second-order valence-electron chi connectivity index (χ2n) is 5.67. The van der Waals surface area contributed by atoms with Gasteiger partial charge in [0.05, 0.1) is 20.8 Å². The summed E-state index contributed by atoms with van der Waals surface area (Å²) in [5.41, 5.74) is 1.17. The normalized spacial score (nSPS) is 11.8. The number of quaternary nitrogens is 1. The van der Waals surface area contributed by atoms with E-state index in [-0.39, 0.29) is 6.61 Å². The molecule has 25 heavy (non-hydrogen) atoms. The summed E-state index contributed by atoms with van der Waals surface area (Å²) >= 11 is 5.82. The Hall–Kier alpha value is -1.95. The van der Waals surface area contributed by atoms with Gasteiger partial charge in [-0.2, -0.15) is 0 Å². The molecule has 0 spiro atoms. The predicted molar refractivity (Wildman–Crippen MR) is 97.9 cm³/mol. The van der Waals surface area contributed by atoms with Gasteiger partial charge in [-0.05, 0) is 42.0 Å². The number of methoxy groups -OCH3 is 2. The maximum Gasteiger partial charge on any atom is 0.160 e. The Labute approximate surface area is 153 Å². The van der Waals surface area contributed by atoms with Gasteiger partial charge in [0.2, 0.25) is 0 Å². The average molecular weight is 367 g/mol. The molecule has 0 unspecified atom stereocenters. The highest BCUT2D eigenvalue weighted by Crippen LogP contribution is 2.27. The Morgan fingerprint density at radius 2 is 1.76 bits per heavy atom. The number of rotatable bonds is 10. The van der Waals surface area contributed by atoms with E-state index in [1.165, 1.54) is 5.56 Å². The summed E-state index contributed by atoms with van der Waals surface area (Å²) in [6.07, 6.45) is 0.353. The molecule has 5 nitrogen and oxygen atoms in total. The van der Waals surface area contributed by atoms with E-state index in [9.17, 15) is 5.11 Å². The Kier molecular flexibility index (Phi) is 7.85. The largest absolute Gasteiger partial charge is 0.493 e. The number of nitrogens with two attached hydrogens (primary N) is 1. The summed E-state index contributed by atoms with van der Waals surface area (Å²) in [6.45, 7) is 1.71. The van der Waals surface area contributed by atoms with E-state index in [0.29, 0.717) is 17.3 Å². The van der Waals surface area contributed by atoms with Crippen LogP contribution in [0.1, 0.15) is 5.56 Å². The van der Waals surface area contributed by atoms with E-state index in [2.05, 4.69) is 5.32 Å². The molecular formula is C19H25ClNO4+. The minimum atomic E-state index is -0.527. The highest BCUT2D eigenvalue weighted by Gasteiger charge is 2.09. The summed E-state index contributed by atoms with van der Waals surface area (Å²) in [5, 5.41) is 12.7. The van der Waals surface area contributed by atoms with Gasteiger partial charge in [0.25, 0.3) is 0 Å². The van der Waals surface area contributed by atoms with Crippen LogP contribution in [-0.2, 0) is 6.42 Å². The summed E-state index contributed by atoms with van der Waals surface area (Å²) in [7, 11) is 3.25. The molecule has 0 aliphatic carbocycles. The van der Waals surface area contributed by atoms with Crippen LogP contribution >= 0.6 is 11.6 Å². The molecule has 2 rings (SSSR count). The van der Waals surface area contributed by atoms with E-state index in [4.69, 9.17) is 25.8 Å². The predicted octanol–water partition coefficient (Wildman–Crippen LogP) is 1.90. The average Bonchev–Trinajstić information content (AvgIpc) is 2.64. The first-order chi connectivity index (χ1) is 12.1. The number of hydrogen-bond acceptors (Lipinski definition) is 4. The molecule has 3 N–H and O–H groups in total. The van der Waals surface area contributed by atoms with Gasteiger partial charge in [-0.15, -0.1) is 0 Å². The van der Waals surface area contributed by atoms with E-state index in [1.807, 2.05) is 18.2 Å². The molecule has 136 valence electrons. The van der Waals surface area contributed by atoms with Crippen LogP contribution in [0.4, 0.5) is 0 Å². The third-order valence-corrected chi connectivity index (χ3v) is 4.03. The number of hydrogen-bond donors (Lipinski definition) is 2. The number of halogens is 1. The summed E-state index contributed by atoms with van der Waals surface area (Å²) < 4.78 is 16.1. The molecule has 1 atom stereocenters. The molecule has 2 aromatic rings. The number of ether oxygens (including phenoxy) is 3. The van der Waals surface area contributed by atoms with Crippen molar-refractivity contribution >= 4 is 11.6 Å². The van der Waals surface area contributed by atoms with Gasteiger partial charge in [0.1, 0.15) is 25.0 Å². The molecule has 0 aromatic heterocycles. The van der Waals surface area contributed by atoms with Crippen LogP contribution in [0.2, 0.25) is 5.02 Å². The minimum Gasteiger partial charge on any atom is -0.493 e. The van der Waals surface area contributed by atoms with Gasteiger partial charge in [0, 0.05) is 11.4 Å². The van der Waals surface area contributed by atoms with Gasteiger partial charge in [-0.25, -0.2) is 0 Å². The van der Waals surface area contributed by atoms with Crippen LogP contribution in [0.25, 0.3) is 0 Å². The Morgan fingerprint density at radius 1 is 1.04 bits per heavy atom. The van der Waals surface area contributed by atoms with Crippen LogP contribution in [0.5, 0.6) is 17.2 Å². The lowest BCUT2D eigenvalue weighted by atomic mass is 10.1. The fourth-order valence-corrected chi connectivity index (χ4v) is 2.53. The van der Waals surface area contributed by atoms with Gasteiger partial charge >= 0.3 is 0 Å². The molecule has 0 bridgehead atoms. The van der Waals surface area contributed by atoms with Gasteiger partial charge in [-0.3, -0.25) is 0 Å². The third kappa shape index (κ3) is 6.46.